The van der Waals surface area contributed by atoms with Crippen LogP contribution in [0.15, 0.2) is 12.3 Å². The third-order valence-corrected chi connectivity index (χ3v) is 2.69. The van der Waals surface area contributed by atoms with E-state index in [4.69, 9.17) is 0 Å². The van der Waals surface area contributed by atoms with Gasteiger partial charge in [-0.3, -0.25) is 4.79 Å². The van der Waals surface area contributed by atoms with Gasteiger partial charge < -0.3 is 10.6 Å². The summed E-state index contributed by atoms with van der Waals surface area (Å²) in [5.41, 5.74) is 0. The number of hydrogen-bond acceptors (Lipinski definition) is 4. The van der Waals surface area contributed by atoms with Crippen LogP contribution in [0.5, 0.6) is 0 Å². The summed E-state index contributed by atoms with van der Waals surface area (Å²) < 4.78 is 0. The smallest absolute Gasteiger partial charge is 0.242 e. The number of aromatic nitrogens is 2. The molecule has 100 valence electrons. The second kappa shape index (κ2) is 6.33. The number of likely N-dealkylation sites (N-methyl/N-ethyl adjacent to an activating group) is 1. The quantitative estimate of drug-likeness (QED) is 0.836. The molecule has 0 fully saturated rings. The molecular weight excluding hydrogens is 228 g/mol. The fraction of sp³-hybridized carbons (Fsp3) is 0.615. The first-order chi connectivity index (χ1) is 8.45. The van der Waals surface area contributed by atoms with Crippen molar-refractivity contribution in [2.24, 2.45) is 5.92 Å². The summed E-state index contributed by atoms with van der Waals surface area (Å²) >= 11 is 0. The number of hydrogen-bond donors (Lipinski definition) is 2. The van der Waals surface area contributed by atoms with Crippen molar-refractivity contribution in [1.29, 1.82) is 0 Å². The summed E-state index contributed by atoms with van der Waals surface area (Å²) in [6.45, 7) is 8.07. The van der Waals surface area contributed by atoms with Crippen LogP contribution in [0.3, 0.4) is 0 Å². The maximum absolute atomic E-state index is 11.8. The summed E-state index contributed by atoms with van der Waals surface area (Å²) in [5, 5.41) is 5.82. The molecule has 1 aromatic rings. The van der Waals surface area contributed by atoms with Crippen LogP contribution in [0.2, 0.25) is 0 Å². The zero-order chi connectivity index (χ0) is 13.7. The van der Waals surface area contributed by atoms with E-state index in [2.05, 4.69) is 20.6 Å². The van der Waals surface area contributed by atoms with Crippen LogP contribution in [-0.2, 0) is 4.79 Å². The van der Waals surface area contributed by atoms with E-state index < -0.39 is 0 Å². The minimum atomic E-state index is -0.287. The molecule has 0 saturated carbocycles. The van der Waals surface area contributed by atoms with Gasteiger partial charge in [-0.25, -0.2) is 9.97 Å². The first-order valence-electron chi connectivity index (χ1n) is 6.26. The molecule has 0 aliphatic carbocycles. The van der Waals surface area contributed by atoms with Crippen molar-refractivity contribution in [3.63, 3.8) is 0 Å². The molecule has 0 radical (unpaired) electrons. The molecule has 0 spiro atoms. The van der Waals surface area contributed by atoms with Gasteiger partial charge in [-0.05, 0) is 12.0 Å². The molecule has 0 saturated heterocycles. The van der Waals surface area contributed by atoms with Crippen LogP contribution in [0.25, 0.3) is 0 Å². The molecule has 1 amide bonds. The molecule has 0 aliphatic heterocycles. The van der Waals surface area contributed by atoms with E-state index >= 15 is 0 Å². The molecule has 5 nitrogen and oxygen atoms in total. The minimum Gasteiger partial charge on any atom is -0.358 e. The number of anilines is 1. The van der Waals surface area contributed by atoms with Gasteiger partial charge >= 0.3 is 0 Å². The van der Waals surface area contributed by atoms with Crippen molar-refractivity contribution >= 4 is 11.7 Å². The Morgan fingerprint density at radius 1 is 1.28 bits per heavy atom. The van der Waals surface area contributed by atoms with Gasteiger partial charge in [-0.15, -0.1) is 0 Å². The molecular formula is C13H22N4O. The van der Waals surface area contributed by atoms with Crippen LogP contribution >= 0.6 is 0 Å². The highest BCUT2D eigenvalue weighted by atomic mass is 16.2. The molecule has 1 aromatic heterocycles. The summed E-state index contributed by atoms with van der Waals surface area (Å²) in [7, 11) is 1.64. The Bertz CT molecular complexity index is 404. The van der Waals surface area contributed by atoms with Crippen LogP contribution < -0.4 is 10.6 Å². The average Bonchev–Trinajstić information content (AvgIpc) is 2.35. The van der Waals surface area contributed by atoms with E-state index in [1.165, 1.54) is 0 Å². The highest BCUT2D eigenvalue weighted by Gasteiger charge is 2.21. The molecule has 1 rings (SSSR count). The zero-order valence-corrected chi connectivity index (χ0v) is 11.7. The average molecular weight is 250 g/mol. The lowest BCUT2D eigenvalue weighted by molar-refractivity contribution is -0.122. The lowest BCUT2D eigenvalue weighted by atomic mass is 10.0. The standard InChI is InChI=1S/C13H22N4O/c1-8(2)11(13(18)14-5)16-10-6-7-15-12(17-10)9(3)4/h6-9,11H,1-5H3,(H,14,18)(H,15,16,17). The Morgan fingerprint density at radius 2 is 1.94 bits per heavy atom. The molecule has 18 heavy (non-hydrogen) atoms. The van der Waals surface area contributed by atoms with Crippen LogP contribution in [0.1, 0.15) is 39.4 Å². The number of carbonyl (C=O) groups is 1. The monoisotopic (exact) mass is 250 g/mol. The van der Waals surface area contributed by atoms with Crippen molar-refractivity contribution in [2.45, 2.75) is 39.7 Å². The van der Waals surface area contributed by atoms with Crippen molar-refractivity contribution in [1.82, 2.24) is 15.3 Å². The predicted molar refractivity (Wildman–Crippen MR) is 72.4 cm³/mol. The van der Waals surface area contributed by atoms with Gasteiger partial charge in [0.1, 0.15) is 17.7 Å². The summed E-state index contributed by atoms with van der Waals surface area (Å²) in [4.78, 5) is 20.4. The van der Waals surface area contributed by atoms with E-state index in [0.717, 1.165) is 5.82 Å². The Labute approximate surface area is 108 Å². The van der Waals surface area contributed by atoms with Crippen molar-refractivity contribution in [3.05, 3.63) is 18.1 Å². The predicted octanol–water partition coefficient (Wildman–Crippen LogP) is 1.78. The Balaban J connectivity index is 2.87. The number of nitrogens with one attached hydrogen (secondary N) is 2. The number of carbonyl (C=O) groups excluding carboxylic acids is 1. The third-order valence-electron chi connectivity index (χ3n) is 2.69. The maximum Gasteiger partial charge on any atom is 0.242 e. The van der Waals surface area contributed by atoms with E-state index in [0.29, 0.717) is 5.82 Å². The molecule has 0 aliphatic rings. The fourth-order valence-electron chi connectivity index (χ4n) is 1.58. The molecule has 0 aromatic carbocycles. The highest BCUT2D eigenvalue weighted by molar-refractivity contribution is 5.84. The topological polar surface area (TPSA) is 66.9 Å². The maximum atomic E-state index is 11.8. The SMILES string of the molecule is CNC(=O)C(Nc1ccnc(C(C)C)n1)C(C)C. The molecule has 0 bridgehead atoms. The molecule has 5 heteroatoms. The molecule has 1 heterocycles. The second-order valence-electron chi connectivity index (χ2n) is 4.94. The summed E-state index contributed by atoms with van der Waals surface area (Å²) in [6, 6.07) is 1.49. The lowest BCUT2D eigenvalue weighted by Gasteiger charge is -2.21. The Morgan fingerprint density at radius 3 is 2.44 bits per heavy atom. The van der Waals surface area contributed by atoms with Crippen molar-refractivity contribution in [2.75, 3.05) is 12.4 Å². The summed E-state index contributed by atoms with van der Waals surface area (Å²) in [5.74, 6) is 1.89. The summed E-state index contributed by atoms with van der Waals surface area (Å²) in [6.07, 6.45) is 1.71. The van der Waals surface area contributed by atoms with E-state index in [1.807, 2.05) is 27.7 Å². The second-order valence-corrected chi connectivity index (χ2v) is 4.94. The van der Waals surface area contributed by atoms with Crippen molar-refractivity contribution in [3.8, 4) is 0 Å². The van der Waals surface area contributed by atoms with Gasteiger partial charge in [0, 0.05) is 19.2 Å². The number of rotatable bonds is 5. The first-order valence-corrected chi connectivity index (χ1v) is 6.26. The van der Waals surface area contributed by atoms with Gasteiger partial charge in [0.05, 0.1) is 0 Å². The Kier molecular flexibility index (Phi) is 5.07. The molecule has 1 unspecified atom stereocenters. The molecule has 2 N–H and O–H groups in total. The largest absolute Gasteiger partial charge is 0.358 e. The third kappa shape index (κ3) is 3.68. The lowest BCUT2D eigenvalue weighted by Crippen LogP contribution is -2.41. The fourth-order valence-corrected chi connectivity index (χ4v) is 1.58. The first kappa shape index (κ1) is 14.4. The van der Waals surface area contributed by atoms with Gasteiger partial charge in [0.2, 0.25) is 5.91 Å². The number of nitrogens with zero attached hydrogens (tertiary/aromatic N) is 2. The van der Waals surface area contributed by atoms with Crippen LogP contribution in [-0.4, -0.2) is 29.0 Å². The van der Waals surface area contributed by atoms with E-state index in [1.54, 1.807) is 19.3 Å². The van der Waals surface area contributed by atoms with E-state index in [9.17, 15) is 4.79 Å². The van der Waals surface area contributed by atoms with Gasteiger partial charge in [-0.1, -0.05) is 27.7 Å². The normalized spacial score (nSPS) is 12.6. The van der Waals surface area contributed by atoms with Crippen LogP contribution in [0, 0.1) is 5.92 Å². The zero-order valence-electron chi connectivity index (χ0n) is 11.7. The van der Waals surface area contributed by atoms with Gasteiger partial charge in [-0.2, -0.15) is 0 Å². The van der Waals surface area contributed by atoms with Crippen molar-refractivity contribution < 1.29 is 4.79 Å². The van der Waals surface area contributed by atoms with Crippen LogP contribution in [0.4, 0.5) is 5.82 Å². The molecule has 1 atom stereocenters. The number of amides is 1. The van der Waals surface area contributed by atoms with E-state index in [-0.39, 0.29) is 23.8 Å². The Hall–Kier alpha value is -1.65. The van der Waals surface area contributed by atoms with Gasteiger partial charge in [0.15, 0.2) is 0 Å². The van der Waals surface area contributed by atoms with Gasteiger partial charge in [0.25, 0.3) is 0 Å². The highest BCUT2D eigenvalue weighted by Crippen LogP contribution is 2.14. The minimum absolute atomic E-state index is 0.0327.